The lowest BCUT2D eigenvalue weighted by Crippen LogP contribution is -2.47. The van der Waals surface area contributed by atoms with Gasteiger partial charge < -0.3 is 14.8 Å². The molecule has 3 aliphatic rings. The number of carbonyl (C=O) groups is 2. The first kappa shape index (κ1) is 23.5. The first-order valence-electron chi connectivity index (χ1n) is 12.5. The van der Waals surface area contributed by atoms with Crippen molar-refractivity contribution in [3.63, 3.8) is 0 Å². The number of carbonyl (C=O) groups excluding carboxylic acids is 2. The number of nitrogens with zero attached hydrogens (tertiary/aromatic N) is 1. The maximum absolute atomic E-state index is 13.6. The van der Waals surface area contributed by atoms with Gasteiger partial charge in [0.1, 0.15) is 5.82 Å². The van der Waals surface area contributed by atoms with Crippen molar-refractivity contribution in [1.82, 2.24) is 10.3 Å². The largest absolute Gasteiger partial charge is 0.465 e. The Morgan fingerprint density at radius 3 is 2.86 bits per heavy atom. The van der Waals surface area contributed by atoms with E-state index >= 15 is 0 Å². The molecular formula is C28H31FN2O4. The van der Waals surface area contributed by atoms with Crippen molar-refractivity contribution < 1.29 is 23.5 Å². The molecule has 1 saturated heterocycles. The van der Waals surface area contributed by atoms with E-state index in [0.717, 1.165) is 42.5 Å². The van der Waals surface area contributed by atoms with Crippen molar-refractivity contribution in [2.75, 3.05) is 13.2 Å². The van der Waals surface area contributed by atoms with Gasteiger partial charge in [-0.15, -0.1) is 0 Å². The van der Waals surface area contributed by atoms with E-state index in [0.29, 0.717) is 25.0 Å². The third-order valence-corrected chi connectivity index (χ3v) is 7.86. The van der Waals surface area contributed by atoms with Crippen molar-refractivity contribution in [1.29, 1.82) is 0 Å². The molecule has 1 amide bonds. The summed E-state index contributed by atoms with van der Waals surface area (Å²) >= 11 is 0. The minimum absolute atomic E-state index is 0.0749. The lowest BCUT2D eigenvalue weighted by Gasteiger charge is -2.46. The molecule has 5 rings (SSSR count). The third kappa shape index (κ3) is 5.09. The fourth-order valence-corrected chi connectivity index (χ4v) is 6.24. The second-order valence-electron chi connectivity index (χ2n) is 9.85. The van der Waals surface area contributed by atoms with Crippen molar-refractivity contribution in [2.45, 2.75) is 38.6 Å². The van der Waals surface area contributed by atoms with E-state index in [9.17, 15) is 14.0 Å². The third-order valence-electron chi connectivity index (χ3n) is 7.86. The Morgan fingerprint density at radius 2 is 2.09 bits per heavy atom. The van der Waals surface area contributed by atoms with Gasteiger partial charge in [0.2, 0.25) is 0 Å². The number of rotatable bonds is 5. The molecule has 1 aromatic heterocycles. The highest BCUT2D eigenvalue weighted by Gasteiger charge is 2.51. The maximum Gasteiger partial charge on any atom is 0.407 e. The van der Waals surface area contributed by atoms with E-state index in [1.165, 1.54) is 12.1 Å². The number of hydrogen-bond acceptors (Lipinski definition) is 5. The van der Waals surface area contributed by atoms with Crippen LogP contribution < -0.4 is 5.32 Å². The van der Waals surface area contributed by atoms with E-state index in [1.807, 2.05) is 24.3 Å². The fraction of sp³-hybridized carbons (Fsp3) is 0.464. The molecule has 0 radical (unpaired) electrons. The molecule has 0 spiro atoms. The van der Waals surface area contributed by atoms with Crippen molar-refractivity contribution in [2.24, 2.45) is 29.6 Å². The molecule has 2 saturated carbocycles. The van der Waals surface area contributed by atoms with Gasteiger partial charge in [0.05, 0.1) is 24.8 Å². The number of benzene rings is 1. The molecule has 184 valence electrons. The number of ether oxygens (including phenoxy) is 2. The van der Waals surface area contributed by atoms with E-state index < -0.39 is 0 Å². The first-order chi connectivity index (χ1) is 17.0. The maximum atomic E-state index is 13.6. The van der Waals surface area contributed by atoms with Gasteiger partial charge in [0.15, 0.2) is 0 Å². The lowest BCUT2D eigenvalue weighted by molar-refractivity contribution is -0.142. The fourth-order valence-electron chi connectivity index (χ4n) is 6.24. The van der Waals surface area contributed by atoms with Crippen LogP contribution >= 0.6 is 0 Å². The van der Waals surface area contributed by atoms with Gasteiger partial charge in [-0.25, -0.2) is 9.18 Å². The number of amides is 1. The molecule has 1 aliphatic heterocycles. The van der Waals surface area contributed by atoms with Crippen LogP contribution in [0.25, 0.3) is 17.2 Å². The summed E-state index contributed by atoms with van der Waals surface area (Å²) in [5, 5.41) is 2.99. The van der Waals surface area contributed by atoms with Crippen LogP contribution in [0.15, 0.2) is 48.7 Å². The zero-order valence-electron chi connectivity index (χ0n) is 19.9. The van der Waals surface area contributed by atoms with Crippen LogP contribution in [-0.2, 0) is 14.3 Å². The second-order valence-corrected chi connectivity index (χ2v) is 9.85. The summed E-state index contributed by atoms with van der Waals surface area (Å²) < 4.78 is 24.1. The number of hydrogen-bond donors (Lipinski definition) is 1. The predicted molar refractivity (Wildman–Crippen MR) is 129 cm³/mol. The average molecular weight is 479 g/mol. The normalized spacial score (nSPS) is 29.8. The summed E-state index contributed by atoms with van der Waals surface area (Å²) in [5.41, 5.74) is 2.48. The quantitative estimate of drug-likeness (QED) is 0.595. The average Bonchev–Trinajstić information content (AvgIpc) is 3.22. The van der Waals surface area contributed by atoms with Gasteiger partial charge in [-0.3, -0.25) is 9.78 Å². The van der Waals surface area contributed by atoms with Crippen LogP contribution in [0.4, 0.5) is 9.18 Å². The number of fused-ring (bicyclic) bond motifs is 2. The summed E-state index contributed by atoms with van der Waals surface area (Å²) in [5.74, 6) is 0.739. The summed E-state index contributed by atoms with van der Waals surface area (Å²) in [7, 11) is 0. The number of halogens is 1. The first-order valence-corrected chi connectivity index (χ1v) is 12.5. The minimum atomic E-state index is -0.367. The summed E-state index contributed by atoms with van der Waals surface area (Å²) in [4.78, 5) is 29.0. The Labute approximate surface area is 204 Å². The highest BCUT2D eigenvalue weighted by atomic mass is 19.1. The lowest BCUT2D eigenvalue weighted by atomic mass is 9.58. The van der Waals surface area contributed by atoms with Crippen LogP contribution in [0.3, 0.4) is 0 Å². The summed E-state index contributed by atoms with van der Waals surface area (Å²) in [6.45, 7) is 2.62. The van der Waals surface area contributed by atoms with Crippen LogP contribution in [0.5, 0.6) is 0 Å². The SMILES string of the molecule is CCOC(=O)N[C@H]1CC[C@H]2[C@@H](C1)C[C@H]1C(=O)OC[C@@H]1[C@H]2/C=C/c1ccc(-c2cccc(F)c2)cn1. The Bertz CT molecular complexity index is 1100. The summed E-state index contributed by atoms with van der Waals surface area (Å²) in [6.07, 6.45) is 9.19. The zero-order valence-corrected chi connectivity index (χ0v) is 19.9. The van der Waals surface area contributed by atoms with E-state index in [1.54, 1.807) is 19.2 Å². The van der Waals surface area contributed by atoms with Crippen LogP contribution in [-0.4, -0.2) is 36.3 Å². The van der Waals surface area contributed by atoms with Gasteiger partial charge in [-0.1, -0.05) is 24.3 Å². The molecule has 0 bridgehead atoms. The van der Waals surface area contributed by atoms with Crippen LogP contribution in [0.1, 0.15) is 38.3 Å². The molecular weight excluding hydrogens is 447 g/mol. The second kappa shape index (κ2) is 10.2. The molecule has 1 aromatic carbocycles. The molecule has 2 aliphatic carbocycles. The van der Waals surface area contributed by atoms with Crippen molar-refractivity contribution in [3.05, 3.63) is 60.2 Å². The van der Waals surface area contributed by atoms with E-state index in [2.05, 4.69) is 16.4 Å². The highest BCUT2D eigenvalue weighted by molar-refractivity contribution is 5.75. The van der Waals surface area contributed by atoms with Crippen LogP contribution in [0.2, 0.25) is 0 Å². The van der Waals surface area contributed by atoms with Gasteiger partial charge in [-0.05, 0) is 80.2 Å². The summed E-state index contributed by atoms with van der Waals surface area (Å²) in [6, 6.07) is 10.4. The van der Waals surface area contributed by atoms with Crippen molar-refractivity contribution in [3.8, 4) is 11.1 Å². The number of alkyl carbamates (subject to hydrolysis) is 1. The number of esters is 1. The number of pyridine rings is 1. The smallest absolute Gasteiger partial charge is 0.407 e. The molecule has 1 N–H and O–H groups in total. The van der Waals surface area contributed by atoms with Gasteiger partial charge in [0.25, 0.3) is 0 Å². The Morgan fingerprint density at radius 1 is 1.20 bits per heavy atom. The number of aromatic nitrogens is 1. The monoisotopic (exact) mass is 478 g/mol. The number of allylic oxidation sites excluding steroid dienone is 1. The Balaban J connectivity index is 1.31. The molecule has 6 atom stereocenters. The molecule has 35 heavy (non-hydrogen) atoms. The molecule has 0 unspecified atom stereocenters. The minimum Gasteiger partial charge on any atom is -0.465 e. The Kier molecular flexibility index (Phi) is 6.84. The number of nitrogens with one attached hydrogen (secondary N) is 1. The predicted octanol–water partition coefficient (Wildman–Crippen LogP) is 5.24. The van der Waals surface area contributed by atoms with Gasteiger partial charge >= 0.3 is 12.1 Å². The van der Waals surface area contributed by atoms with Crippen molar-refractivity contribution >= 4 is 18.1 Å². The van der Waals surface area contributed by atoms with E-state index in [-0.39, 0.29) is 41.7 Å². The topological polar surface area (TPSA) is 77.5 Å². The highest BCUT2D eigenvalue weighted by Crippen LogP contribution is 2.51. The Hall–Kier alpha value is -3.22. The molecule has 2 aromatic rings. The number of cyclic esters (lactones) is 1. The standard InChI is InChI=1S/C28H31FN2O4/c1-2-34-28(33)31-22-9-10-23-19(13-22)14-25-26(16-35-27(25)32)24(23)11-8-21-7-6-18(15-30-21)17-4-3-5-20(29)12-17/h3-8,11-12,15,19,22-26H,2,9-10,13-14,16H2,1H3,(H,31,33)/b11-8+/t19-,22-,23-,24-,25+,26+/m0/s1. The van der Waals surface area contributed by atoms with Gasteiger partial charge in [0, 0.05) is 23.7 Å². The molecule has 7 heteroatoms. The van der Waals surface area contributed by atoms with Crippen LogP contribution in [0, 0.1) is 35.4 Å². The van der Waals surface area contributed by atoms with Gasteiger partial charge in [-0.2, -0.15) is 0 Å². The molecule has 2 heterocycles. The zero-order chi connectivity index (χ0) is 24.4. The van der Waals surface area contributed by atoms with E-state index in [4.69, 9.17) is 9.47 Å². The molecule has 6 nitrogen and oxygen atoms in total. The molecule has 3 fully saturated rings.